The smallest absolute Gasteiger partial charge is 0.119 e. The molecule has 2 aromatic heterocycles. The first kappa shape index (κ1) is 22.8. The van der Waals surface area contributed by atoms with Gasteiger partial charge in [0.05, 0.1) is 30.4 Å². The Bertz CT molecular complexity index is 1210. The lowest BCUT2D eigenvalue weighted by Gasteiger charge is -2.21. The van der Waals surface area contributed by atoms with E-state index < -0.39 is 0 Å². The van der Waals surface area contributed by atoms with Crippen LogP contribution in [0.4, 0.5) is 5.69 Å². The number of fused-ring (bicyclic) bond motifs is 2. The molecule has 0 fully saturated rings. The lowest BCUT2D eigenvalue weighted by atomic mass is 10.1. The van der Waals surface area contributed by atoms with Crippen LogP contribution in [0, 0.1) is 6.92 Å². The zero-order chi connectivity index (χ0) is 22.5. The molecule has 168 valence electrons. The largest absolute Gasteiger partial charge is 0.497 e. The molecule has 7 heteroatoms. The monoisotopic (exact) mass is 468 g/mol. The second-order valence-corrected chi connectivity index (χ2v) is 9.35. The Morgan fingerprint density at radius 1 is 1.06 bits per heavy atom. The summed E-state index contributed by atoms with van der Waals surface area (Å²) in [5, 5.41) is 9.83. The van der Waals surface area contributed by atoms with Crippen LogP contribution in [0.15, 0.2) is 41.8 Å². The maximum atomic E-state index is 6.24. The minimum atomic E-state index is 0.691. The molecule has 0 amide bonds. The lowest BCUT2D eigenvalue weighted by molar-refractivity contribution is 0.264. The number of nitrogens with zero attached hydrogens (tertiary/aromatic N) is 3. The van der Waals surface area contributed by atoms with Crippen LogP contribution in [-0.4, -0.2) is 41.6 Å². The number of rotatable bonds is 10. The summed E-state index contributed by atoms with van der Waals surface area (Å²) in [4.78, 5) is 11.9. The average Bonchev–Trinajstić information content (AvgIpc) is 3.20. The summed E-state index contributed by atoms with van der Waals surface area (Å²) in [7, 11) is 1.69. The molecule has 0 atom stereocenters. The lowest BCUT2D eigenvalue weighted by Crippen LogP contribution is -2.26. The standard InChI is InChI=1S/C25H29ClN4OS/c1-4-11-30(15-24-28-17(2)16-32-24)12-5-10-27-25-20-8-6-18(26)13-23(20)29-22-9-7-19(31-3)14-21(22)25/h6-9,13-14,16H,4-5,10-12,15H2,1-3H3,(H,27,29). The number of thiazole rings is 1. The molecule has 0 bridgehead atoms. The minimum absolute atomic E-state index is 0.691. The van der Waals surface area contributed by atoms with Crippen molar-refractivity contribution < 1.29 is 4.74 Å². The molecule has 0 aliphatic heterocycles. The summed E-state index contributed by atoms with van der Waals surface area (Å²) in [5.41, 5.74) is 4.01. The van der Waals surface area contributed by atoms with Crippen LogP contribution >= 0.6 is 22.9 Å². The summed E-state index contributed by atoms with van der Waals surface area (Å²) < 4.78 is 5.46. The topological polar surface area (TPSA) is 50.3 Å². The zero-order valence-corrected chi connectivity index (χ0v) is 20.4. The zero-order valence-electron chi connectivity index (χ0n) is 18.8. The highest BCUT2D eigenvalue weighted by atomic mass is 35.5. The van der Waals surface area contributed by atoms with Crippen LogP contribution in [-0.2, 0) is 6.54 Å². The summed E-state index contributed by atoms with van der Waals surface area (Å²) in [5.74, 6) is 0.823. The molecule has 0 aliphatic carbocycles. The maximum absolute atomic E-state index is 6.24. The molecule has 2 aromatic carbocycles. The van der Waals surface area contributed by atoms with Crippen LogP contribution in [0.25, 0.3) is 21.8 Å². The van der Waals surface area contributed by atoms with Gasteiger partial charge in [-0.15, -0.1) is 11.3 Å². The highest BCUT2D eigenvalue weighted by molar-refractivity contribution is 7.09. The Morgan fingerprint density at radius 2 is 1.94 bits per heavy atom. The molecule has 4 aromatic rings. The number of aromatic nitrogens is 2. The number of anilines is 1. The fourth-order valence-electron chi connectivity index (χ4n) is 3.98. The Labute approximate surface area is 198 Å². The predicted octanol–water partition coefficient (Wildman–Crippen LogP) is 6.53. The highest BCUT2D eigenvalue weighted by Gasteiger charge is 2.12. The molecule has 0 spiro atoms. The Hall–Kier alpha value is -2.41. The molecule has 0 saturated heterocycles. The Kier molecular flexibility index (Phi) is 7.45. The van der Waals surface area contributed by atoms with Gasteiger partial charge in [-0.1, -0.05) is 18.5 Å². The molecule has 0 saturated carbocycles. The number of hydrogen-bond acceptors (Lipinski definition) is 6. The number of benzene rings is 2. The third kappa shape index (κ3) is 5.31. The van der Waals surface area contributed by atoms with Crippen molar-refractivity contribution in [2.45, 2.75) is 33.2 Å². The molecule has 0 aliphatic rings. The van der Waals surface area contributed by atoms with Gasteiger partial charge >= 0.3 is 0 Å². The number of nitrogens with one attached hydrogen (secondary N) is 1. The molecule has 4 rings (SSSR count). The van der Waals surface area contributed by atoms with Gasteiger partial charge in [-0.3, -0.25) is 4.90 Å². The Balaban J connectivity index is 1.52. The van der Waals surface area contributed by atoms with E-state index in [1.807, 2.05) is 36.4 Å². The molecule has 2 heterocycles. The van der Waals surface area contributed by atoms with Gasteiger partial charge in [-0.25, -0.2) is 9.97 Å². The van der Waals surface area contributed by atoms with Crippen molar-refractivity contribution in [3.05, 3.63) is 57.5 Å². The maximum Gasteiger partial charge on any atom is 0.119 e. The van der Waals surface area contributed by atoms with Gasteiger partial charge in [0.25, 0.3) is 0 Å². The van der Waals surface area contributed by atoms with Crippen LogP contribution in [0.5, 0.6) is 5.75 Å². The first-order valence-electron chi connectivity index (χ1n) is 11.0. The van der Waals surface area contributed by atoms with Gasteiger partial charge in [-0.2, -0.15) is 0 Å². The summed E-state index contributed by atoms with van der Waals surface area (Å²) in [6.45, 7) is 8.17. The minimum Gasteiger partial charge on any atom is -0.497 e. The molecule has 0 radical (unpaired) electrons. The molecule has 1 N–H and O–H groups in total. The quantitative estimate of drug-likeness (QED) is 0.212. The van der Waals surface area contributed by atoms with Gasteiger partial charge < -0.3 is 10.1 Å². The summed E-state index contributed by atoms with van der Waals surface area (Å²) >= 11 is 7.99. The summed E-state index contributed by atoms with van der Waals surface area (Å²) in [6, 6.07) is 11.9. The van der Waals surface area contributed by atoms with Gasteiger partial charge in [0.1, 0.15) is 10.8 Å². The van der Waals surface area contributed by atoms with E-state index >= 15 is 0 Å². The van der Waals surface area contributed by atoms with Gasteiger partial charge in [0.15, 0.2) is 0 Å². The highest BCUT2D eigenvalue weighted by Crippen LogP contribution is 2.34. The van der Waals surface area contributed by atoms with Crippen molar-refractivity contribution >= 4 is 50.4 Å². The van der Waals surface area contributed by atoms with Crippen LogP contribution in [0.1, 0.15) is 30.5 Å². The van der Waals surface area contributed by atoms with E-state index in [2.05, 4.69) is 34.4 Å². The molecule has 0 unspecified atom stereocenters. The normalized spacial score (nSPS) is 11.5. The number of hydrogen-bond donors (Lipinski definition) is 1. The van der Waals surface area contributed by atoms with E-state index in [1.165, 1.54) is 5.01 Å². The summed E-state index contributed by atoms with van der Waals surface area (Å²) in [6.07, 6.45) is 2.17. The number of pyridine rings is 1. The molecule has 5 nitrogen and oxygen atoms in total. The van der Waals surface area contributed by atoms with Crippen molar-refractivity contribution in [3.8, 4) is 5.75 Å². The van der Waals surface area contributed by atoms with Gasteiger partial charge in [0, 0.05) is 40.0 Å². The van der Waals surface area contributed by atoms with Crippen molar-refractivity contribution in [1.29, 1.82) is 0 Å². The number of ether oxygens (including phenoxy) is 1. The second-order valence-electron chi connectivity index (χ2n) is 7.97. The molecular formula is C25H29ClN4OS. The fourth-order valence-corrected chi connectivity index (χ4v) is 4.96. The second kappa shape index (κ2) is 10.5. The average molecular weight is 469 g/mol. The third-order valence-corrected chi connectivity index (χ3v) is 6.65. The predicted molar refractivity (Wildman–Crippen MR) is 136 cm³/mol. The van der Waals surface area contributed by atoms with Crippen LogP contribution in [0.3, 0.4) is 0 Å². The van der Waals surface area contributed by atoms with E-state index in [0.29, 0.717) is 5.02 Å². The van der Waals surface area contributed by atoms with E-state index in [-0.39, 0.29) is 0 Å². The van der Waals surface area contributed by atoms with Crippen LogP contribution in [0.2, 0.25) is 5.02 Å². The van der Waals surface area contributed by atoms with E-state index in [4.69, 9.17) is 21.3 Å². The third-order valence-electron chi connectivity index (χ3n) is 5.46. The van der Waals surface area contributed by atoms with Crippen molar-refractivity contribution in [1.82, 2.24) is 14.9 Å². The first-order valence-corrected chi connectivity index (χ1v) is 12.3. The van der Waals surface area contributed by atoms with E-state index in [9.17, 15) is 0 Å². The molecule has 32 heavy (non-hydrogen) atoms. The van der Waals surface area contributed by atoms with Gasteiger partial charge in [-0.05, 0) is 62.7 Å². The molecular weight excluding hydrogens is 440 g/mol. The van der Waals surface area contributed by atoms with E-state index in [1.54, 1.807) is 18.4 Å². The van der Waals surface area contributed by atoms with Crippen molar-refractivity contribution in [2.24, 2.45) is 0 Å². The van der Waals surface area contributed by atoms with E-state index in [0.717, 1.165) is 78.0 Å². The number of halogens is 1. The SMILES string of the molecule is CCCN(CCCNc1c2ccc(Cl)cc2nc2ccc(OC)cc12)Cc1nc(C)cs1. The van der Waals surface area contributed by atoms with Crippen LogP contribution < -0.4 is 10.1 Å². The Morgan fingerprint density at radius 3 is 2.69 bits per heavy atom. The van der Waals surface area contributed by atoms with Gasteiger partial charge in [0.2, 0.25) is 0 Å². The first-order chi connectivity index (χ1) is 15.6. The van der Waals surface area contributed by atoms with Crippen molar-refractivity contribution in [2.75, 3.05) is 32.1 Å². The van der Waals surface area contributed by atoms with Crippen molar-refractivity contribution in [3.63, 3.8) is 0 Å². The number of aryl methyl sites for hydroxylation is 1. The number of methoxy groups -OCH3 is 1. The fraction of sp³-hybridized carbons (Fsp3) is 0.360.